The first-order valence-corrected chi connectivity index (χ1v) is 10.5. The molecule has 0 bridgehead atoms. The quantitative estimate of drug-likeness (QED) is 0.386. The summed E-state index contributed by atoms with van der Waals surface area (Å²) in [5.41, 5.74) is 9.58. The summed E-state index contributed by atoms with van der Waals surface area (Å²) in [5.74, 6) is 2.20. The van der Waals surface area contributed by atoms with Crippen molar-refractivity contribution in [3.05, 3.63) is 60.8 Å². The topological polar surface area (TPSA) is 117 Å². The number of unbranched alkanes of at least 4 members (excludes halogenated alkanes) is 1. The summed E-state index contributed by atoms with van der Waals surface area (Å²) in [4.78, 5) is 17.7. The molecular weight excluding hydrogens is 404 g/mol. The molecule has 1 aromatic carbocycles. The molecule has 164 valence electrons. The summed E-state index contributed by atoms with van der Waals surface area (Å²) in [6.45, 7) is 3.33. The Morgan fingerprint density at radius 2 is 1.91 bits per heavy atom. The molecule has 0 aliphatic rings. The minimum absolute atomic E-state index is 0.343. The van der Waals surface area contributed by atoms with Crippen molar-refractivity contribution in [3.8, 4) is 28.4 Å². The lowest BCUT2D eigenvalue weighted by Gasteiger charge is -2.10. The highest BCUT2D eigenvalue weighted by molar-refractivity contribution is 5.64. The van der Waals surface area contributed by atoms with Crippen LogP contribution in [0.3, 0.4) is 0 Å². The Morgan fingerprint density at radius 1 is 1.06 bits per heavy atom. The summed E-state index contributed by atoms with van der Waals surface area (Å²) in [7, 11) is 1.86. The second-order valence-corrected chi connectivity index (χ2v) is 7.39. The molecule has 3 aromatic heterocycles. The number of aryl methyl sites for hydroxylation is 1. The first-order chi connectivity index (χ1) is 15.6. The Labute approximate surface area is 186 Å². The standard InChI is InChI=1S/C23H26N8O/c1-3-4-8-32-19-12-27-22(28-13-19)17-7-5-6-16(9-17)10-26-23-21(24)25-14-20(30-23)18-11-29-31(2)15-18/h5-7,9,11-15H,3-4,8,10H2,1-2H3,(H2,24,25)(H,26,30). The molecule has 9 heteroatoms. The predicted molar refractivity (Wildman–Crippen MR) is 124 cm³/mol. The lowest BCUT2D eigenvalue weighted by molar-refractivity contribution is 0.307. The first-order valence-electron chi connectivity index (χ1n) is 10.5. The van der Waals surface area contributed by atoms with Crippen molar-refractivity contribution in [1.29, 1.82) is 0 Å². The number of anilines is 2. The molecule has 32 heavy (non-hydrogen) atoms. The van der Waals surface area contributed by atoms with Gasteiger partial charge in [0.1, 0.15) is 0 Å². The van der Waals surface area contributed by atoms with Crippen molar-refractivity contribution in [2.24, 2.45) is 7.05 Å². The second-order valence-electron chi connectivity index (χ2n) is 7.39. The molecule has 0 aliphatic heterocycles. The molecule has 9 nitrogen and oxygen atoms in total. The molecule has 0 saturated heterocycles. The minimum atomic E-state index is 0.343. The van der Waals surface area contributed by atoms with Crippen LogP contribution in [0.1, 0.15) is 25.3 Å². The average Bonchev–Trinajstić information content (AvgIpc) is 3.25. The lowest BCUT2D eigenvalue weighted by atomic mass is 10.1. The SMILES string of the molecule is CCCCOc1cnc(-c2cccc(CNc3nc(-c4cnn(C)c4)cnc3N)c2)nc1. The fourth-order valence-corrected chi connectivity index (χ4v) is 3.10. The molecule has 0 unspecified atom stereocenters. The molecular formula is C23H26N8O. The maximum atomic E-state index is 6.03. The molecule has 0 fully saturated rings. The Kier molecular flexibility index (Phi) is 6.54. The molecule has 0 radical (unpaired) electrons. The smallest absolute Gasteiger partial charge is 0.169 e. The van der Waals surface area contributed by atoms with Crippen LogP contribution in [0, 0.1) is 0 Å². The van der Waals surface area contributed by atoms with E-state index in [0.717, 1.165) is 29.5 Å². The van der Waals surface area contributed by atoms with Crippen LogP contribution in [-0.2, 0) is 13.6 Å². The van der Waals surface area contributed by atoms with Gasteiger partial charge in [-0.3, -0.25) is 4.68 Å². The molecule has 0 atom stereocenters. The van der Waals surface area contributed by atoms with Gasteiger partial charge in [0.25, 0.3) is 0 Å². The van der Waals surface area contributed by atoms with E-state index in [2.05, 4.69) is 37.3 Å². The molecule has 4 aromatic rings. The molecule has 0 aliphatic carbocycles. The Balaban J connectivity index is 1.44. The van der Waals surface area contributed by atoms with E-state index in [4.69, 9.17) is 10.5 Å². The molecule has 4 rings (SSSR count). The van der Waals surface area contributed by atoms with Gasteiger partial charge in [-0.25, -0.2) is 19.9 Å². The van der Waals surface area contributed by atoms with E-state index in [1.807, 2.05) is 37.5 Å². The number of hydrogen-bond donors (Lipinski definition) is 2. The van der Waals surface area contributed by atoms with Crippen molar-refractivity contribution in [1.82, 2.24) is 29.7 Å². The van der Waals surface area contributed by atoms with Crippen LogP contribution in [0.5, 0.6) is 5.75 Å². The molecule has 0 amide bonds. The zero-order valence-electron chi connectivity index (χ0n) is 18.2. The van der Waals surface area contributed by atoms with Gasteiger partial charge in [-0.1, -0.05) is 31.5 Å². The highest BCUT2D eigenvalue weighted by Gasteiger charge is 2.09. The van der Waals surface area contributed by atoms with Crippen molar-refractivity contribution >= 4 is 11.6 Å². The monoisotopic (exact) mass is 430 g/mol. The van der Waals surface area contributed by atoms with Crippen LogP contribution in [0.15, 0.2) is 55.2 Å². The Morgan fingerprint density at radius 3 is 2.66 bits per heavy atom. The number of aromatic nitrogens is 6. The van der Waals surface area contributed by atoms with E-state index in [-0.39, 0.29) is 0 Å². The van der Waals surface area contributed by atoms with Crippen LogP contribution < -0.4 is 15.8 Å². The number of nitrogens with zero attached hydrogens (tertiary/aromatic N) is 6. The number of hydrogen-bond acceptors (Lipinski definition) is 8. The predicted octanol–water partition coefficient (Wildman–Crippen LogP) is 3.71. The third-order valence-electron chi connectivity index (χ3n) is 4.84. The summed E-state index contributed by atoms with van der Waals surface area (Å²) in [5, 5.41) is 7.45. The van der Waals surface area contributed by atoms with Crippen molar-refractivity contribution in [3.63, 3.8) is 0 Å². The van der Waals surface area contributed by atoms with Gasteiger partial charge in [-0.05, 0) is 18.1 Å². The normalized spacial score (nSPS) is 10.8. The number of rotatable bonds is 9. The first kappa shape index (κ1) is 21.2. The van der Waals surface area contributed by atoms with Crippen LogP contribution in [-0.4, -0.2) is 36.3 Å². The minimum Gasteiger partial charge on any atom is -0.490 e. The number of nitrogens with one attached hydrogen (secondary N) is 1. The van der Waals surface area contributed by atoms with Crippen LogP contribution in [0.2, 0.25) is 0 Å². The average molecular weight is 431 g/mol. The Hall–Kier alpha value is -4.01. The van der Waals surface area contributed by atoms with Gasteiger partial charge in [0.15, 0.2) is 23.2 Å². The number of benzene rings is 1. The molecule has 0 spiro atoms. The van der Waals surface area contributed by atoms with Crippen molar-refractivity contribution < 1.29 is 4.74 Å². The Bertz CT molecular complexity index is 1170. The molecule has 0 saturated carbocycles. The summed E-state index contributed by atoms with van der Waals surface area (Å²) in [6, 6.07) is 8.01. The maximum absolute atomic E-state index is 6.03. The number of ether oxygens (including phenoxy) is 1. The molecule has 3 N–H and O–H groups in total. The second kappa shape index (κ2) is 9.86. The van der Waals surface area contributed by atoms with Crippen molar-refractivity contribution in [2.75, 3.05) is 17.7 Å². The highest BCUT2D eigenvalue weighted by Crippen LogP contribution is 2.22. The van der Waals surface area contributed by atoms with Crippen LogP contribution >= 0.6 is 0 Å². The summed E-state index contributed by atoms with van der Waals surface area (Å²) < 4.78 is 7.36. The van der Waals surface area contributed by atoms with Crippen LogP contribution in [0.4, 0.5) is 11.6 Å². The van der Waals surface area contributed by atoms with Gasteiger partial charge in [0.05, 0.1) is 37.1 Å². The van der Waals surface area contributed by atoms with E-state index in [0.29, 0.717) is 42.1 Å². The third kappa shape index (κ3) is 5.18. The summed E-state index contributed by atoms with van der Waals surface area (Å²) in [6.07, 6.45) is 10.8. The lowest BCUT2D eigenvalue weighted by Crippen LogP contribution is -2.07. The van der Waals surface area contributed by atoms with E-state index >= 15 is 0 Å². The van der Waals surface area contributed by atoms with Gasteiger partial charge in [0.2, 0.25) is 0 Å². The van der Waals surface area contributed by atoms with Gasteiger partial charge in [-0.2, -0.15) is 5.10 Å². The highest BCUT2D eigenvalue weighted by atomic mass is 16.5. The van der Waals surface area contributed by atoms with E-state index in [9.17, 15) is 0 Å². The number of nitrogens with two attached hydrogens (primary N) is 1. The van der Waals surface area contributed by atoms with Gasteiger partial charge >= 0.3 is 0 Å². The maximum Gasteiger partial charge on any atom is 0.169 e. The van der Waals surface area contributed by atoms with Gasteiger partial charge in [-0.15, -0.1) is 0 Å². The van der Waals surface area contributed by atoms with Crippen LogP contribution in [0.25, 0.3) is 22.6 Å². The van der Waals surface area contributed by atoms with E-state index in [1.165, 1.54) is 0 Å². The number of nitrogen functional groups attached to an aromatic ring is 1. The van der Waals surface area contributed by atoms with E-state index < -0.39 is 0 Å². The molecule has 3 heterocycles. The van der Waals surface area contributed by atoms with Crippen molar-refractivity contribution in [2.45, 2.75) is 26.3 Å². The fourth-order valence-electron chi connectivity index (χ4n) is 3.10. The largest absolute Gasteiger partial charge is 0.490 e. The fraction of sp³-hybridized carbons (Fsp3) is 0.261. The van der Waals surface area contributed by atoms with E-state index in [1.54, 1.807) is 29.5 Å². The van der Waals surface area contributed by atoms with Gasteiger partial charge in [0, 0.05) is 30.9 Å². The van der Waals surface area contributed by atoms with Gasteiger partial charge < -0.3 is 15.8 Å². The third-order valence-corrected chi connectivity index (χ3v) is 4.84. The summed E-state index contributed by atoms with van der Waals surface area (Å²) >= 11 is 0. The zero-order valence-corrected chi connectivity index (χ0v) is 18.2. The zero-order chi connectivity index (χ0) is 22.3.